The lowest BCUT2D eigenvalue weighted by molar-refractivity contribution is 0.288. The summed E-state index contributed by atoms with van der Waals surface area (Å²) < 4.78 is 32.3. The van der Waals surface area contributed by atoms with Crippen molar-refractivity contribution in [2.24, 2.45) is 0 Å². The molecule has 0 amide bonds. The van der Waals surface area contributed by atoms with E-state index in [1.165, 1.54) is 0 Å². The van der Waals surface area contributed by atoms with Crippen molar-refractivity contribution in [2.75, 3.05) is 26.2 Å². The molecule has 0 saturated heterocycles. The van der Waals surface area contributed by atoms with Crippen LogP contribution in [0.5, 0.6) is 5.75 Å². The zero-order chi connectivity index (χ0) is 13.7. The van der Waals surface area contributed by atoms with Crippen LogP contribution in [-0.4, -0.2) is 34.7 Å². The van der Waals surface area contributed by atoms with Gasteiger partial charge in [-0.15, -0.1) is 0 Å². The molecule has 1 aliphatic rings. The first-order chi connectivity index (χ1) is 9.13. The van der Waals surface area contributed by atoms with Gasteiger partial charge in [-0.25, -0.2) is 13.1 Å². The highest BCUT2D eigenvalue weighted by Gasteiger charge is 2.17. The third-order valence-electron chi connectivity index (χ3n) is 3.03. The maximum absolute atomic E-state index is 12.1. The molecule has 1 aromatic rings. The molecule has 0 spiro atoms. The van der Waals surface area contributed by atoms with Crippen LogP contribution in [0.1, 0.15) is 18.9 Å². The molecule has 0 unspecified atom stereocenters. The summed E-state index contributed by atoms with van der Waals surface area (Å²) in [4.78, 5) is 0.313. The predicted octanol–water partition coefficient (Wildman–Crippen LogP) is 0.899. The van der Waals surface area contributed by atoms with Gasteiger partial charge in [0.25, 0.3) is 0 Å². The lowest BCUT2D eigenvalue weighted by Crippen LogP contribution is -2.31. The number of hydrogen-bond donors (Lipinski definition) is 2. The molecule has 106 valence electrons. The average Bonchev–Trinajstić information content (AvgIpc) is 2.43. The number of rotatable bonds is 6. The third-order valence-corrected chi connectivity index (χ3v) is 4.49. The van der Waals surface area contributed by atoms with Crippen molar-refractivity contribution in [1.29, 1.82) is 0 Å². The van der Waals surface area contributed by atoms with Gasteiger partial charge in [0, 0.05) is 13.1 Å². The van der Waals surface area contributed by atoms with Gasteiger partial charge in [-0.05, 0) is 43.1 Å². The van der Waals surface area contributed by atoms with Gasteiger partial charge in [-0.2, -0.15) is 0 Å². The molecule has 0 atom stereocenters. The summed E-state index contributed by atoms with van der Waals surface area (Å²) in [5, 5.41) is 3.08. The van der Waals surface area contributed by atoms with E-state index < -0.39 is 10.0 Å². The lowest BCUT2D eigenvalue weighted by atomic mass is 10.1. The second-order valence-corrected chi connectivity index (χ2v) is 6.24. The fourth-order valence-corrected chi connectivity index (χ4v) is 3.12. The summed E-state index contributed by atoms with van der Waals surface area (Å²) >= 11 is 0. The van der Waals surface area contributed by atoms with Crippen LogP contribution in [0.2, 0.25) is 0 Å². The molecule has 6 heteroatoms. The number of nitrogens with one attached hydrogen (secondary N) is 2. The molecule has 0 radical (unpaired) electrons. The standard InChI is InChI=1S/C13H20N2O3S/c1-2-14-7-8-15-19(16,17)12-5-6-13-11(10-12)4-3-9-18-13/h5-6,10,14-15H,2-4,7-9H2,1H3. The Kier molecular flexibility index (Phi) is 4.79. The number of ether oxygens (including phenoxy) is 1. The molecule has 0 bridgehead atoms. The van der Waals surface area contributed by atoms with Gasteiger partial charge in [0.2, 0.25) is 10.0 Å². The second-order valence-electron chi connectivity index (χ2n) is 4.47. The molecular weight excluding hydrogens is 264 g/mol. The number of fused-ring (bicyclic) bond motifs is 1. The largest absolute Gasteiger partial charge is 0.493 e. The zero-order valence-corrected chi connectivity index (χ0v) is 11.9. The third kappa shape index (κ3) is 3.68. The summed E-state index contributed by atoms with van der Waals surface area (Å²) in [5.74, 6) is 0.804. The first kappa shape index (κ1) is 14.3. The van der Waals surface area contributed by atoms with Crippen LogP contribution >= 0.6 is 0 Å². The Labute approximate surface area is 114 Å². The van der Waals surface area contributed by atoms with E-state index in [4.69, 9.17) is 4.74 Å². The van der Waals surface area contributed by atoms with E-state index in [1.54, 1.807) is 18.2 Å². The topological polar surface area (TPSA) is 67.4 Å². The van der Waals surface area contributed by atoms with Gasteiger partial charge in [0.05, 0.1) is 11.5 Å². The molecule has 2 N–H and O–H groups in total. The molecule has 1 aliphatic heterocycles. The van der Waals surface area contributed by atoms with Crippen molar-refractivity contribution in [3.8, 4) is 5.75 Å². The van der Waals surface area contributed by atoms with E-state index in [2.05, 4.69) is 10.0 Å². The fraction of sp³-hybridized carbons (Fsp3) is 0.538. The Morgan fingerprint density at radius 2 is 2.16 bits per heavy atom. The molecule has 0 saturated carbocycles. The summed E-state index contributed by atoms with van der Waals surface area (Å²) in [6.07, 6.45) is 1.81. The van der Waals surface area contributed by atoms with Crippen LogP contribution in [0.25, 0.3) is 0 Å². The monoisotopic (exact) mass is 284 g/mol. The van der Waals surface area contributed by atoms with Crippen molar-refractivity contribution >= 4 is 10.0 Å². The maximum atomic E-state index is 12.1. The smallest absolute Gasteiger partial charge is 0.240 e. The van der Waals surface area contributed by atoms with E-state index in [9.17, 15) is 8.42 Å². The quantitative estimate of drug-likeness (QED) is 0.762. The molecule has 5 nitrogen and oxygen atoms in total. The van der Waals surface area contributed by atoms with Crippen LogP contribution in [0.15, 0.2) is 23.1 Å². The highest BCUT2D eigenvalue weighted by Crippen LogP contribution is 2.27. The summed E-state index contributed by atoms with van der Waals surface area (Å²) in [7, 11) is -3.42. The van der Waals surface area contributed by atoms with E-state index in [-0.39, 0.29) is 0 Å². The van der Waals surface area contributed by atoms with Crippen LogP contribution in [0, 0.1) is 0 Å². The molecule has 1 heterocycles. The fourth-order valence-electron chi connectivity index (χ4n) is 2.04. The van der Waals surface area contributed by atoms with Gasteiger partial charge < -0.3 is 10.1 Å². The zero-order valence-electron chi connectivity index (χ0n) is 11.1. The number of benzene rings is 1. The van der Waals surface area contributed by atoms with Gasteiger partial charge in [0.15, 0.2) is 0 Å². The Morgan fingerprint density at radius 3 is 2.95 bits per heavy atom. The van der Waals surface area contributed by atoms with E-state index >= 15 is 0 Å². The van der Waals surface area contributed by atoms with Gasteiger partial charge in [0.1, 0.15) is 5.75 Å². The average molecular weight is 284 g/mol. The normalized spacial score (nSPS) is 14.8. The minimum absolute atomic E-state index is 0.313. The molecule has 0 fully saturated rings. The SMILES string of the molecule is CCNCCNS(=O)(=O)c1ccc2c(c1)CCCO2. The van der Waals surface area contributed by atoms with Crippen LogP contribution in [0.3, 0.4) is 0 Å². The van der Waals surface area contributed by atoms with Crippen LogP contribution in [-0.2, 0) is 16.4 Å². The number of likely N-dealkylation sites (N-methyl/N-ethyl adjacent to an activating group) is 1. The van der Waals surface area contributed by atoms with Gasteiger partial charge in [-0.1, -0.05) is 6.92 Å². The Balaban J connectivity index is 2.07. The number of hydrogen-bond acceptors (Lipinski definition) is 4. The molecule has 19 heavy (non-hydrogen) atoms. The summed E-state index contributed by atoms with van der Waals surface area (Å²) in [6, 6.07) is 5.05. The van der Waals surface area contributed by atoms with Crippen LogP contribution in [0.4, 0.5) is 0 Å². The number of aryl methyl sites for hydroxylation is 1. The summed E-state index contributed by atoms with van der Waals surface area (Å²) in [6.45, 7) is 4.55. The van der Waals surface area contributed by atoms with E-state index in [0.29, 0.717) is 24.6 Å². The first-order valence-corrected chi connectivity index (χ1v) is 8.08. The minimum atomic E-state index is -3.42. The lowest BCUT2D eigenvalue weighted by Gasteiger charge is -2.18. The Morgan fingerprint density at radius 1 is 1.32 bits per heavy atom. The van der Waals surface area contributed by atoms with Crippen molar-refractivity contribution in [1.82, 2.24) is 10.0 Å². The van der Waals surface area contributed by atoms with Crippen molar-refractivity contribution in [2.45, 2.75) is 24.7 Å². The Hall–Kier alpha value is -1.11. The van der Waals surface area contributed by atoms with E-state index in [1.807, 2.05) is 6.92 Å². The maximum Gasteiger partial charge on any atom is 0.240 e. The van der Waals surface area contributed by atoms with Crippen LogP contribution < -0.4 is 14.8 Å². The van der Waals surface area contributed by atoms with Crippen molar-refractivity contribution in [3.63, 3.8) is 0 Å². The Bertz CT molecular complexity index is 529. The van der Waals surface area contributed by atoms with E-state index in [0.717, 1.165) is 30.7 Å². The van der Waals surface area contributed by atoms with Gasteiger partial charge >= 0.3 is 0 Å². The number of sulfonamides is 1. The molecule has 0 aliphatic carbocycles. The van der Waals surface area contributed by atoms with Gasteiger partial charge in [-0.3, -0.25) is 0 Å². The van der Waals surface area contributed by atoms with Crippen molar-refractivity contribution < 1.29 is 13.2 Å². The first-order valence-electron chi connectivity index (χ1n) is 6.59. The molecule has 1 aromatic carbocycles. The van der Waals surface area contributed by atoms with Crippen molar-refractivity contribution in [3.05, 3.63) is 23.8 Å². The minimum Gasteiger partial charge on any atom is -0.493 e. The molecule has 0 aromatic heterocycles. The summed E-state index contributed by atoms with van der Waals surface area (Å²) in [5.41, 5.74) is 0.973. The predicted molar refractivity (Wildman–Crippen MR) is 74.0 cm³/mol. The highest BCUT2D eigenvalue weighted by atomic mass is 32.2. The second kappa shape index (κ2) is 6.36. The highest BCUT2D eigenvalue weighted by molar-refractivity contribution is 7.89. The molecule has 2 rings (SSSR count). The molecular formula is C13H20N2O3S.